The molecule has 0 heterocycles. The van der Waals surface area contributed by atoms with E-state index in [0.717, 1.165) is 15.6 Å². The highest BCUT2D eigenvalue weighted by atomic mass is 79.9. The minimum absolute atomic E-state index is 0.0867. The maximum absolute atomic E-state index is 14.2. The molecular formula is C27H27BrClFN2O2S. The number of halogens is 3. The van der Waals surface area contributed by atoms with Crippen molar-refractivity contribution in [3.63, 3.8) is 0 Å². The first-order valence-electron chi connectivity index (χ1n) is 11.2. The summed E-state index contributed by atoms with van der Waals surface area (Å²) in [6.45, 7) is 2.59. The molecule has 0 aliphatic carbocycles. The van der Waals surface area contributed by atoms with Gasteiger partial charge in [-0.2, -0.15) is 0 Å². The van der Waals surface area contributed by atoms with Crippen LogP contribution in [0.25, 0.3) is 0 Å². The number of hydrogen-bond donors (Lipinski definition) is 1. The first kappa shape index (κ1) is 27.2. The molecule has 0 spiro atoms. The van der Waals surface area contributed by atoms with Crippen molar-refractivity contribution in [1.82, 2.24) is 10.2 Å². The van der Waals surface area contributed by atoms with Crippen LogP contribution in [-0.2, 0) is 28.3 Å². The molecule has 35 heavy (non-hydrogen) atoms. The number of hydrogen-bond acceptors (Lipinski definition) is 3. The van der Waals surface area contributed by atoms with Crippen molar-refractivity contribution in [2.45, 2.75) is 31.7 Å². The van der Waals surface area contributed by atoms with Crippen molar-refractivity contribution >= 4 is 51.1 Å². The van der Waals surface area contributed by atoms with E-state index in [0.29, 0.717) is 23.6 Å². The van der Waals surface area contributed by atoms with Gasteiger partial charge in [0.05, 0.1) is 5.75 Å². The molecule has 0 bridgehead atoms. The lowest BCUT2D eigenvalue weighted by Gasteiger charge is -2.31. The smallest absolute Gasteiger partial charge is 0.243 e. The van der Waals surface area contributed by atoms with Crippen molar-refractivity contribution in [3.8, 4) is 0 Å². The lowest BCUT2D eigenvalue weighted by Crippen LogP contribution is -2.51. The Morgan fingerprint density at radius 2 is 1.77 bits per heavy atom. The van der Waals surface area contributed by atoms with Crippen LogP contribution in [0.2, 0.25) is 5.02 Å². The van der Waals surface area contributed by atoms with E-state index < -0.39 is 11.9 Å². The molecule has 1 unspecified atom stereocenters. The maximum Gasteiger partial charge on any atom is 0.243 e. The van der Waals surface area contributed by atoms with E-state index in [1.54, 1.807) is 17.0 Å². The molecule has 2 amide bonds. The van der Waals surface area contributed by atoms with Gasteiger partial charge in [-0.25, -0.2) is 4.39 Å². The molecule has 0 fully saturated rings. The second-order valence-electron chi connectivity index (χ2n) is 7.94. The Labute approximate surface area is 223 Å². The summed E-state index contributed by atoms with van der Waals surface area (Å²) >= 11 is 10.9. The largest absolute Gasteiger partial charge is 0.355 e. The van der Waals surface area contributed by atoms with Crippen molar-refractivity contribution in [2.24, 2.45) is 0 Å². The Morgan fingerprint density at radius 1 is 1.06 bits per heavy atom. The Hall–Kier alpha value is -2.35. The van der Waals surface area contributed by atoms with Crippen LogP contribution >= 0.6 is 39.3 Å². The SMILES string of the molecule is CCNC(=O)C(Cc1ccccc1)N(Cc1cccc(Br)c1)C(=O)CSCc1c(F)cccc1Cl. The van der Waals surface area contributed by atoms with Crippen molar-refractivity contribution in [1.29, 1.82) is 0 Å². The van der Waals surface area contributed by atoms with Gasteiger partial charge < -0.3 is 10.2 Å². The third-order valence-electron chi connectivity index (χ3n) is 5.40. The fraction of sp³-hybridized carbons (Fsp3) is 0.259. The van der Waals surface area contributed by atoms with Gasteiger partial charge in [-0.05, 0) is 42.3 Å². The van der Waals surface area contributed by atoms with E-state index in [1.807, 2.05) is 61.5 Å². The summed E-state index contributed by atoms with van der Waals surface area (Å²) in [5.74, 6) is -0.459. The summed E-state index contributed by atoms with van der Waals surface area (Å²) in [5, 5.41) is 3.21. The van der Waals surface area contributed by atoms with Crippen LogP contribution in [0.5, 0.6) is 0 Å². The quantitative estimate of drug-likeness (QED) is 0.293. The monoisotopic (exact) mass is 576 g/mol. The molecule has 0 saturated heterocycles. The highest BCUT2D eigenvalue weighted by Crippen LogP contribution is 2.25. The lowest BCUT2D eigenvalue weighted by molar-refractivity contribution is -0.139. The number of benzene rings is 3. The van der Waals surface area contributed by atoms with Gasteiger partial charge in [0, 0.05) is 40.3 Å². The van der Waals surface area contributed by atoms with Crippen molar-refractivity contribution in [2.75, 3.05) is 12.3 Å². The fourth-order valence-electron chi connectivity index (χ4n) is 3.67. The van der Waals surface area contributed by atoms with E-state index in [9.17, 15) is 14.0 Å². The Morgan fingerprint density at radius 3 is 2.46 bits per heavy atom. The first-order valence-corrected chi connectivity index (χ1v) is 13.6. The molecule has 3 rings (SSSR count). The van der Waals surface area contributed by atoms with E-state index in [-0.39, 0.29) is 29.9 Å². The highest BCUT2D eigenvalue weighted by Gasteiger charge is 2.30. The summed E-state index contributed by atoms with van der Waals surface area (Å²) in [7, 11) is 0. The van der Waals surface area contributed by atoms with Gasteiger partial charge in [-0.1, -0.05) is 76.1 Å². The molecule has 0 aliphatic heterocycles. The van der Waals surface area contributed by atoms with Gasteiger partial charge in [0.2, 0.25) is 11.8 Å². The average Bonchev–Trinajstić information content (AvgIpc) is 2.84. The summed E-state index contributed by atoms with van der Waals surface area (Å²) in [6, 6.07) is 21.2. The van der Waals surface area contributed by atoms with Crippen LogP contribution in [0.1, 0.15) is 23.6 Å². The number of carbonyl (C=O) groups is 2. The molecule has 4 nitrogen and oxygen atoms in total. The van der Waals surface area contributed by atoms with Crippen LogP contribution in [0, 0.1) is 5.82 Å². The molecule has 0 saturated carbocycles. The van der Waals surface area contributed by atoms with Gasteiger partial charge in [0.1, 0.15) is 11.9 Å². The summed E-state index contributed by atoms with van der Waals surface area (Å²) in [6.07, 6.45) is 0.385. The molecule has 1 N–H and O–H groups in total. The second-order valence-corrected chi connectivity index (χ2v) is 10.3. The van der Waals surface area contributed by atoms with Crippen molar-refractivity contribution < 1.29 is 14.0 Å². The molecule has 184 valence electrons. The third-order valence-corrected chi connectivity index (χ3v) is 7.19. The zero-order valence-electron chi connectivity index (χ0n) is 19.3. The van der Waals surface area contributed by atoms with E-state index in [4.69, 9.17) is 11.6 Å². The summed E-state index contributed by atoms with van der Waals surface area (Å²) in [5.41, 5.74) is 2.23. The highest BCUT2D eigenvalue weighted by molar-refractivity contribution is 9.10. The lowest BCUT2D eigenvalue weighted by atomic mass is 10.0. The standard InChI is InChI=1S/C27H27BrClFN2O2S/c1-2-31-27(34)25(15-19-8-4-3-5-9-19)32(16-20-10-6-11-21(28)14-20)26(33)18-35-17-22-23(29)12-7-13-24(22)30/h3-14,25H,2,15-18H2,1H3,(H,31,34). The molecule has 0 aliphatic rings. The zero-order valence-corrected chi connectivity index (χ0v) is 22.5. The number of nitrogens with one attached hydrogen (secondary N) is 1. The molecule has 3 aromatic rings. The maximum atomic E-state index is 14.2. The van der Waals surface area contributed by atoms with Crippen LogP contribution in [0.15, 0.2) is 77.3 Å². The van der Waals surface area contributed by atoms with Crippen molar-refractivity contribution in [3.05, 3.63) is 105 Å². The van der Waals surface area contributed by atoms with Gasteiger partial charge in [-0.15, -0.1) is 11.8 Å². The first-order chi connectivity index (χ1) is 16.9. The number of thioether (sulfide) groups is 1. The Kier molecular flexibility index (Phi) is 10.6. The number of amides is 2. The number of carbonyl (C=O) groups excluding carboxylic acids is 2. The van der Waals surface area contributed by atoms with E-state index in [1.165, 1.54) is 17.8 Å². The van der Waals surface area contributed by atoms with Crippen LogP contribution in [0.4, 0.5) is 4.39 Å². The minimum Gasteiger partial charge on any atom is -0.355 e. The number of rotatable bonds is 11. The zero-order chi connectivity index (χ0) is 25.2. The van der Waals surface area contributed by atoms with Crippen LogP contribution in [-0.4, -0.2) is 35.1 Å². The van der Waals surface area contributed by atoms with Gasteiger partial charge >= 0.3 is 0 Å². The minimum atomic E-state index is -0.693. The Bertz CT molecular complexity index is 1130. The molecule has 8 heteroatoms. The molecule has 0 aromatic heterocycles. The Balaban J connectivity index is 1.85. The predicted molar refractivity (Wildman–Crippen MR) is 145 cm³/mol. The normalized spacial score (nSPS) is 11.7. The van der Waals surface area contributed by atoms with Gasteiger partial charge in [0.25, 0.3) is 0 Å². The third kappa shape index (κ3) is 8.09. The second kappa shape index (κ2) is 13.7. The predicted octanol–water partition coefficient (Wildman–Crippen LogP) is 6.25. The number of nitrogens with zero attached hydrogens (tertiary/aromatic N) is 1. The molecule has 3 aromatic carbocycles. The summed E-state index contributed by atoms with van der Waals surface area (Å²) in [4.78, 5) is 28.3. The number of likely N-dealkylation sites (N-methyl/N-ethyl adjacent to an activating group) is 1. The fourth-order valence-corrected chi connectivity index (χ4v) is 5.37. The molecular weight excluding hydrogens is 551 g/mol. The average molecular weight is 578 g/mol. The van der Waals surface area contributed by atoms with Crippen LogP contribution in [0.3, 0.4) is 0 Å². The topological polar surface area (TPSA) is 49.4 Å². The van der Waals surface area contributed by atoms with Crippen LogP contribution < -0.4 is 5.32 Å². The van der Waals surface area contributed by atoms with Gasteiger partial charge in [0.15, 0.2) is 0 Å². The summed E-state index contributed by atoms with van der Waals surface area (Å²) < 4.78 is 15.1. The van der Waals surface area contributed by atoms with Gasteiger partial charge in [-0.3, -0.25) is 9.59 Å². The molecule has 1 atom stereocenters. The van der Waals surface area contributed by atoms with E-state index >= 15 is 0 Å². The van der Waals surface area contributed by atoms with E-state index in [2.05, 4.69) is 21.2 Å². The molecule has 0 radical (unpaired) electrons.